The number of fused-ring (bicyclic) bond motifs is 1. The fourth-order valence-electron chi connectivity index (χ4n) is 3.64. The SMILES string of the molecule is CCCn1ncc2nc(-c3cccnc3OCC)cc(N3CCCC3)c21. The molecule has 6 nitrogen and oxygen atoms in total. The van der Waals surface area contributed by atoms with Gasteiger partial charge in [-0.3, -0.25) is 4.68 Å². The molecule has 0 bridgehead atoms. The summed E-state index contributed by atoms with van der Waals surface area (Å²) in [5.41, 5.74) is 5.12. The summed E-state index contributed by atoms with van der Waals surface area (Å²) >= 11 is 0. The van der Waals surface area contributed by atoms with E-state index < -0.39 is 0 Å². The Labute approximate surface area is 153 Å². The van der Waals surface area contributed by atoms with Crippen molar-refractivity contribution in [3.63, 3.8) is 0 Å². The number of pyridine rings is 2. The van der Waals surface area contributed by atoms with Gasteiger partial charge in [0.05, 0.1) is 29.7 Å². The van der Waals surface area contributed by atoms with Crippen molar-refractivity contribution in [2.45, 2.75) is 39.7 Å². The van der Waals surface area contributed by atoms with E-state index in [2.05, 4.69) is 32.7 Å². The molecule has 0 atom stereocenters. The minimum Gasteiger partial charge on any atom is -0.477 e. The highest BCUT2D eigenvalue weighted by Gasteiger charge is 2.21. The lowest BCUT2D eigenvalue weighted by molar-refractivity contribution is 0.328. The van der Waals surface area contributed by atoms with E-state index in [9.17, 15) is 0 Å². The fraction of sp³-hybridized carbons (Fsp3) is 0.450. The summed E-state index contributed by atoms with van der Waals surface area (Å²) < 4.78 is 7.82. The summed E-state index contributed by atoms with van der Waals surface area (Å²) in [6.07, 6.45) is 7.16. The number of rotatable bonds is 6. The van der Waals surface area contributed by atoms with Crippen LogP contribution in [-0.4, -0.2) is 39.4 Å². The number of aromatic nitrogens is 4. The number of hydrogen-bond acceptors (Lipinski definition) is 5. The average molecular weight is 351 g/mol. The molecule has 136 valence electrons. The van der Waals surface area contributed by atoms with Crippen LogP contribution in [0.4, 0.5) is 5.69 Å². The Morgan fingerprint density at radius 3 is 2.81 bits per heavy atom. The van der Waals surface area contributed by atoms with E-state index in [4.69, 9.17) is 9.72 Å². The molecule has 0 radical (unpaired) electrons. The first-order chi connectivity index (χ1) is 12.8. The van der Waals surface area contributed by atoms with Gasteiger partial charge in [0.15, 0.2) is 0 Å². The van der Waals surface area contributed by atoms with Crippen LogP contribution in [0, 0.1) is 0 Å². The molecule has 1 aliphatic rings. The molecule has 26 heavy (non-hydrogen) atoms. The number of hydrogen-bond donors (Lipinski definition) is 0. The first-order valence-electron chi connectivity index (χ1n) is 9.51. The van der Waals surface area contributed by atoms with Gasteiger partial charge in [-0.05, 0) is 44.4 Å². The molecular weight excluding hydrogens is 326 g/mol. The molecule has 4 heterocycles. The van der Waals surface area contributed by atoms with Crippen LogP contribution in [0.15, 0.2) is 30.6 Å². The second kappa shape index (κ2) is 7.32. The molecule has 4 rings (SSSR count). The van der Waals surface area contributed by atoms with Crippen molar-refractivity contribution >= 4 is 16.7 Å². The van der Waals surface area contributed by atoms with Crippen LogP contribution in [-0.2, 0) is 6.54 Å². The zero-order chi connectivity index (χ0) is 17.9. The zero-order valence-electron chi connectivity index (χ0n) is 15.5. The molecule has 1 aliphatic heterocycles. The average Bonchev–Trinajstić information content (AvgIpc) is 3.32. The highest BCUT2D eigenvalue weighted by molar-refractivity contribution is 5.92. The molecule has 1 saturated heterocycles. The Hall–Kier alpha value is -2.63. The normalized spacial score (nSPS) is 14.3. The van der Waals surface area contributed by atoms with E-state index in [0.717, 1.165) is 48.3 Å². The smallest absolute Gasteiger partial charge is 0.222 e. The molecule has 0 unspecified atom stereocenters. The largest absolute Gasteiger partial charge is 0.477 e. The Morgan fingerprint density at radius 1 is 1.19 bits per heavy atom. The third kappa shape index (κ3) is 3.00. The van der Waals surface area contributed by atoms with Gasteiger partial charge in [0, 0.05) is 25.8 Å². The van der Waals surface area contributed by atoms with Crippen LogP contribution in [0.5, 0.6) is 5.88 Å². The monoisotopic (exact) mass is 351 g/mol. The van der Waals surface area contributed by atoms with Gasteiger partial charge in [-0.2, -0.15) is 5.10 Å². The number of anilines is 1. The van der Waals surface area contributed by atoms with Crippen LogP contribution in [0.2, 0.25) is 0 Å². The van der Waals surface area contributed by atoms with Crippen molar-refractivity contribution in [3.05, 3.63) is 30.6 Å². The third-order valence-electron chi connectivity index (χ3n) is 4.79. The molecule has 0 saturated carbocycles. The van der Waals surface area contributed by atoms with Gasteiger partial charge in [0.25, 0.3) is 0 Å². The molecular formula is C20H25N5O. The highest BCUT2D eigenvalue weighted by atomic mass is 16.5. The van der Waals surface area contributed by atoms with Gasteiger partial charge in [-0.1, -0.05) is 6.92 Å². The van der Waals surface area contributed by atoms with Crippen molar-refractivity contribution in [2.24, 2.45) is 0 Å². The molecule has 0 amide bonds. The first kappa shape index (κ1) is 16.8. The quantitative estimate of drug-likeness (QED) is 0.674. The summed E-state index contributed by atoms with van der Waals surface area (Å²) in [5, 5.41) is 4.59. The summed E-state index contributed by atoms with van der Waals surface area (Å²) in [6.45, 7) is 7.80. The predicted octanol–water partition coefficient (Wildman–Crippen LogP) is 3.90. The summed E-state index contributed by atoms with van der Waals surface area (Å²) in [6, 6.07) is 6.14. The number of ether oxygens (including phenoxy) is 1. The molecule has 0 aromatic carbocycles. The second-order valence-corrected chi connectivity index (χ2v) is 6.61. The van der Waals surface area contributed by atoms with Crippen molar-refractivity contribution in [1.29, 1.82) is 0 Å². The van der Waals surface area contributed by atoms with Crippen molar-refractivity contribution in [3.8, 4) is 17.1 Å². The number of nitrogens with zero attached hydrogens (tertiary/aromatic N) is 5. The summed E-state index contributed by atoms with van der Waals surface area (Å²) in [5.74, 6) is 0.634. The molecule has 0 spiro atoms. The van der Waals surface area contributed by atoms with E-state index >= 15 is 0 Å². The Kier molecular flexibility index (Phi) is 4.73. The van der Waals surface area contributed by atoms with Crippen molar-refractivity contribution < 1.29 is 4.74 Å². The van der Waals surface area contributed by atoms with Gasteiger partial charge in [-0.25, -0.2) is 9.97 Å². The van der Waals surface area contributed by atoms with Crippen LogP contribution in [0.1, 0.15) is 33.1 Å². The minimum absolute atomic E-state index is 0.583. The molecule has 0 aliphatic carbocycles. The Bertz CT molecular complexity index is 898. The molecule has 0 N–H and O–H groups in total. The fourth-order valence-corrected chi connectivity index (χ4v) is 3.64. The van der Waals surface area contributed by atoms with Crippen LogP contribution in [0.3, 0.4) is 0 Å². The third-order valence-corrected chi connectivity index (χ3v) is 4.79. The minimum atomic E-state index is 0.583. The lowest BCUT2D eigenvalue weighted by atomic mass is 10.1. The van der Waals surface area contributed by atoms with Gasteiger partial charge in [0.1, 0.15) is 11.0 Å². The molecule has 1 fully saturated rings. The second-order valence-electron chi connectivity index (χ2n) is 6.61. The number of aryl methyl sites for hydroxylation is 1. The van der Waals surface area contributed by atoms with Crippen molar-refractivity contribution in [2.75, 3.05) is 24.6 Å². The van der Waals surface area contributed by atoms with E-state index in [1.807, 2.05) is 25.3 Å². The van der Waals surface area contributed by atoms with E-state index in [-0.39, 0.29) is 0 Å². The molecule has 3 aromatic heterocycles. The Balaban J connectivity index is 1.89. The van der Waals surface area contributed by atoms with Gasteiger partial charge in [-0.15, -0.1) is 0 Å². The van der Waals surface area contributed by atoms with E-state index in [1.165, 1.54) is 18.5 Å². The summed E-state index contributed by atoms with van der Waals surface area (Å²) in [7, 11) is 0. The maximum absolute atomic E-state index is 5.73. The lowest BCUT2D eigenvalue weighted by Crippen LogP contribution is -2.19. The van der Waals surface area contributed by atoms with Crippen LogP contribution < -0.4 is 9.64 Å². The van der Waals surface area contributed by atoms with Gasteiger partial charge >= 0.3 is 0 Å². The molecule has 3 aromatic rings. The maximum atomic E-state index is 5.73. The van der Waals surface area contributed by atoms with E-state index in [0.29, 0.717) is 12.5 Å². The first-order valence-corrected chi connectivity index (χ1v) is 9.51. The molecule has 6 heteroatoms. The van der Waals surface area contributed by atoms with Crippen molar-refractivity contribution in [1.82, 2.24) is 19.7 Å². The predicted molar refractivity (Wildman–Crippen MR) is 104 cm³/mol. The Morgan fingerprint density at radius 2 is 2.04 bits per heavy atom. The maximum Gasteiger partial charge on any atom is 0.222 e. The lowest BCUT2D eigenvalue weighted by Gasteiger charge is -2.21. The zero-order valence-corrected chi connectivity index (χ0v) is 15.5. The van der Waals surface area contributed by atoms with Crippen LogP contribution in [0.25, 0.3) is 22.3 Å². The summed E-state index contributed by atoms with van der Waals surface area (Å²) in [4.78, 5) is 11.7. The standard InChI is InChI=1S/C20H25N5O/c1-3-10-25-19-17(14-22-25)23-16(13-18(19)24-11-5-6-12-24)15-8-7-9-21-20(15)26-4-2/h7-9,13-14H,3-6,10-12H2,1-2H3. The van der Waals surface area contributed by atoms with Gasteiger partial charge < -0.3 is 9.64 Å². The highest BCUT2D eigenvalue weighted by Crippen LogP contribution is 2.35. The van der Waals surface area contributed by atoms with Crippen LogP contribution >= 0.6 is 0 Å². The van der Waals surface area contributed by atoms with E-state index in [1.54, 1.807) is 6.20 Å². The topological polar surface area (TPSA) is 56.1 Å². The van der Waals surface area contributed by atoms with Gasteiger partial charge in [0.2, 0.25) is 5.88 Å².